The Bertz CT molecular complexity index is 745. The molecule has 1 atom stereocenters. The van der Waals surface area contributed by atoms with E-state index in [0.717, 1.165) is 5.56 Å². The fourth-order valence-electron chi connectivity index (χ4n) is 2.17. The van der Waals surface area contributed by atoms with Gasteiger partial charge in [0.15, 0.2) is 6.61 Å². The lowest BCUT2D eigenvalue weighted by Crippen LogP contribution is -2.47. The standard InChI is InChI=1S/C18H19N3O4/c19-17(23)13-6-8-14(9-7-13)25-11-16(22)21-15(18(20)24)10-12-4-2-1-3-5-12/h1-9,15H,10-11H2,(H2,19,23)(H2,20,24)(H,21,22)/t15-/m0/s1. The van der Waals surface area contributed by atoms with Crippen molar-refractivity contribution in [2.75, 3.05) is 6.61 Å². The van der Waals surface area contributed by atoms with E-state index in [1.54, 1.807) is 0 Å². The van der Waals surface area contributed by atoms with Crippen LogP contribution in [-0.2, 0) is 16.0 Å². The summed E-state index contributed by atoms with van der Waals surface area (Å²) in [7, 11) is 0. The van der Waals surface area contributed by atoms with Gasteiger partial charge in [-0.1, -0.05) is 30.3 Å². The van der Waals surface area contributed by atoms with Gasteiger partial charge in [-0.05, 0) is 29.8 Å². The van der Waals surface area contributed by atoms with E-state index in [1.165, 1.54) is 24.3 Å². The van der Waals surface area contributed by atoms with Gasteiger partial charge >= 0.3 is 0 Å². The van der Waals surface area contributed by atoms with Crippen LogP contribution in [0.1, 0.15) is 15.9 Å². The summed E-state index contributed by atoms with van der Waals surface area (Å²) in [6.45, 7) is -0.283. The van der Waals surface area contributed by atoms with Gasteiger partial charge in [-0.15, -0.1) is 0 Å². The molecule has 2 aromatic rings. The molecule has 0 aliphatic carbocycles. The van der Waals surface area contributed by atoms with Crippen molar-refractivity contribution < 1.29 is 19.1 Å². The number of amides is 3. The minimum absolute atomic E-state index is 0.283. The third-order valence-electron chi connectivity index (χ3n) is 3.47. The Labute approximate surface area is 145 Å². The van der Waals surface area contributed by atoms with Crippen LogP contribution >= 0.6 is 0 Å². The molecule has 7 nitrogen and oxygen atoms in total. The number of carbonyl (C=O) groups is 3. The first kappa shape index (κ1) is 18.0. The summed E-state index contributed by atoms with van der Waals surface area (Å²) < 4.78 is 5.32. The van der Waals surface area contributed by atoms with E-state index < -0.39 is 23.8 Å². The van der Waals surface area contributed by atoms with Gasteiger partial charge in [0, 0.05) is 12.0 Å². The van der Waals surface area contributed by atoms with Crippen molar-refractivity contribution >= 4 is 17.7 Å². The highest BCUT2D eigenvalue weighted by Crippen LogP contribution is 2.11. The summed E-state index contributed by atoms with van der Waals surface area (Å²) in [6.07, 6.45) is 0.301. The molecule has 0 saturated heterocycles. The van der Waals surface area contributed by atoms with Gasteiger partial charge in [0.1, 0.15) is 11.8 Å². The lowest BCUT2D eigenvalue weighted by Gasteiger charge is -2.16. The number of carbonyl (C=O) groups excluding carboxylic acids is 3. The zero-order chi connectivity index (χ0) is 18.2. The number of nitrogens with one attached hydrogen (secondary N) is 1. The molecule has 0 unspecified atom stereocenters. The SMILES string of the molecule is NC(=O)c1ccc(OCC(=O)N[C@@H](Cc2ccccc2)C(N)=O)cc1. The van der Waals surface area contributed by atoms with E-state index in [2.05, 4.69) is 5.32 Å². The quantitative estimate of drug-likeness (QED) is 0.642. The highest BCUT2D eigenvalue weighted by molar-refractivity contribution is 5.92. The van der Waals surface area contributed by atoms with Gasteiger partial charge in [0.05, 0.1) is 0 Å². The van der Waals surface area contributed by atoms with Crippen LogP contribution in [0.4, 0.5) is 0 Å². The fraction of sp³-hybridized carbons (Fsp3) is 0.167. The van der Waals surface area contributed by atoms with Crippen LogP contribution in [0, 0.1) is 0 Å². The number of hydrogen-bond donors (Lipinski definition) is 3. The molecule has 0 fully saturated rings. The molecule has 2 rings (SSSR count). The van der Waals surface area contributed by atoms with E-state index >= 15 is 0 Å². The first-order valence-corrected chi connectivity index (χ1v) is 7.61. The number of ether oxygens (including phenoxy) is 1. The highest BCUT2D eigenvalue weighted by Gasteiger charge is 2.18. The molecule has 0 radical (unpaired) electrons. The lowest BCUT2D eigenvalue weighted by atomic mass is 10.1. The molecule has 5 N–H and O–H groups in total. The highest BCUT2D eigenvalue weighted by atomic mass is 16.5. The molecule has 130 valence electrons. The predicted molar refractivity (Wildman–Crippen MR) is 91.7 cm³/mol. The molecule has 0 saturated carbocycles. The average Bonchev–Trinajstić information content (AvgIpc) is 2.60. The van der Waals surface area contributed by atoms with Crippen LogP contribution < -0.4 is 21.5 Å². The van der Waals surface area contributed by atoms with Crippen molar-refractivity contribution in [1.29, 1.82) is 0 Å². The predicted octanol–water partition coefficient (Wildman–Crippen LogP) is 0.377. The Morgan fingerprint density at radius 2 is 1.60 bits per heavy atom. The van der Waals surface area contributed by atoms with Crippen molar-refractivity contribution in [1.82, 2.24) is 5.32 Å². The Balaban J connectivity index is 1.88. The van der Waals surface area contributed by atoms with E-state index in [9.17, 15) is 14.4 Å². The maximum absolute atomic E-state index is 12.0. The van der Waals surface area contributed by atoms with Gasteiger partial charge in [0.25, 0.3) is 5.91 Å². The normalized spacial score (nSPS) is 11.4. The van der Waals surface area contributed by atoms with E-state index in [-0.39, 0.29) is 6.61 Å². The molecular weight excluding hydrogens is 322 g/mol. The van der Waals surface area contributed by atoms with Crippen LogP contribution in [0.25, 0.3) is 0 Å². The average molecular weight is 341 g/mol. The second kappa shape index (κ2) is 8.49. The van der Waals surface area contributed by atoms with Gasteiger partial charge in [-0.25, -0.2) is 0 Å². The monoisotopic (exact) mass is 341 g/mol. The number of nitrogens with two attached hydrogens (primary N) is 2. The summed E-state index contributed by atoms with van der Waals surface area (Å²) in [5.41, 5.74) is 11.7. The van der Waals surface area contributed by atoms with E-state index in [1.807, 2.05) is 30.3 Å². The van der Waals surface area contributed by atoms with Crippen LogP contribution in [0.15, 0.2) is 54.6 Å². The molecule has 0 spiro atoms. The minimum Gasteiger partial charge on any atom is -0.484 e. The smallest absolute Gasteiger partial charge is 0.258 e. The summed E-state index contributed by atoms with van der Waals surface area (Å²) in [6, 6.07) is 14.5. The number of hydrogen-bond acceptors (Lipinski definition) is 4. The second-order valence-corrected chi connectivity index (χ2v) is 5.39. The van der Waals surface area contributed by atoms with Gasteiger partial charge < -0.3 is 21.5 Å². The third kappa shape index (κ3) is 5.65. The molecule has 0 aromatic heterocycles. The first-order chi connectivity index (χ1) is 12.0. The summed E-state index contributed by atoms with van der Waals surface area (Å²) >= 11 is 0. The summed E-state index contributed by atoms with van der Waals surface area (Å²) in [5.74, 6) is -1.24. The molecule has 0 heterocycles. The Kier molecular flexibility index (Phi) is 6.11. The Hall–Kier alpha value is -3.35. The molecule has 3 amide bonds. The number of benzene rings is 2. The van der Waals surface area contributed by atoms with Crippen molar-refractivity contribution in [2.24, 2.45) is 11.5 Å². The second-order valence-electron chi connectivity index (χ2n) is 5.39. The Morgan fingerprint density at radius 1 is 0.960 bits per heavy atom. The van der Waals surface area contributed by atoms with Gasteiger partial charge in [-0.2, -0.15) is 0 Å². The van der Waals surface area contributed by atoms with E-state index in [4.69, 9.17) is 16.2 Å². The molecule has 7 heteroatoms. The third-order valence-corrected chi connectivity index (χ3v) is 3.47. The largest absolute Gasteiger partial charge is 0.484 e. The van der Waals surface area contributed by atoms with Crippen LogP contribution in [-0.4, -0.2) is 30.4 Å². The number of rotatable bonds is 8. The van der Waals surface area contributed by atoms with Crippen LogP contribution in [0.5, 0.6) is 5.75 Å². The minimum atomic E-state index is -0.823. The molecular formula is C18H19N3O4. The molecule has 2 aromatic carbocycles. The van der Waals surface area contributed by atoms with Crippen molar-refractivity contribution in [3.8, 4) is 5.75 Å². The fourth-order valence-corrected chi connectivity index (χ4v) is 2.17. The molecule has 0 bridgehead atoms. The summed E-state index contributed by atoms with van der Waals surface area (Å²) in [5, 5.41) is 2.55. The zero-order valence-electron chi connectivity index (χ0n) is 13.5. The van der Waals surface area contributed by atoms with E-state index in [0.29, 0.717) is 17.7 Å². The van der Waals surface area contributed by atoms with Crippen LogP contribution in [0.3, 0.4) is 0 Å². The van der Waals surface area contributed by atoms with Gasteiger partial charge in [-0.3, -0.25) is 14.4 Å². The Morgan fingerprint density at radius 3 is 2.16 bits per heavy atom. The topological polar surface area (TPSA) is 125 Å². The number of primary amides is 2. The van der Waals surface area contributed by atoms with Gasteiger partial charge in [0.2, 0.25) is 11.8 Å². The summed E-state index contributed by atoms with van der Waals surface area (Å²) in [4.78, 5) is 34.5. The van der Waals surface area contributed by atoms with Crippen molar-refractivity contribution in [3.05, 3.63) is 65.7 Å². The van der Waals surface area contributed by atoms with Crippen molar-refractivity contribution in [3.63, 3.8) is 0 Å². The molecule has 25 heavy (non-hydrogen) atoms. The van der Waals surface area contributed by atoms with Crippen LogP contribution in [0.2, 0.25) is 0 Å². The first-order valence-electron chi connectivity index (χ1n) is 7.61. The maximum Gasteiger partial charge on any atom is 0.258 e. The zero-order valence-corrected chi connectivity index (χ0v) is 13.5. The maximum atomic E-state index is 12.0. The molecule has 0 aliphatic rings. The van der Waals surface area contributed by atoms with Crippen molar-refractivity contribution in [2.45, 2.75) is 12.5 Å². The lowest BCUT2D eigenvalue weighted by molar-refractivity contribution is -0.128. The molecule has 0 aliphatic heterocycles.